The molecule has 1 unspecified atom stereocenters. The highest BCUT2D eigenvalue weighted by atomic mass is 32.1. The Kier molecular flexibility index (Phi) is 9.06. The molecule has 1 atom stereocenters. The number of nitrogens with zero attached hydrogens (tertiary/aromatic N) is 4. The summed E-state index contributed by atoms with van der Waals surface area (Å²) in [5.74, 6) is -1.03. The number of aliphatic carboxylic acids is 1. The molecule has 1 aliphatic heterocycles. The van der Waals surface area contributed by atoms with Gasteiger partial charge in [-0.15, -0.1) is 10.2 Å². The zero-order valence-electron chi connectivity index (χ0n) is 21.9. The number of carboxylic acid groups (broad SMARTS) is 1. The lowest BCUT2D eigenvalue weighted by atomic mass is 10.0. The highest BCUT2D eigenvalue weighted by Gasteiger charge is 2.30. The second-order valence-corrected chi connectivity index (χ2v) is 10.4. The predicted molar refractivity (Wildman–Crippen MR) is 146 cm³/mol. The van der Waals surface area contributed by atoms with Crippen LogP contribution in [0.1, 0.15) is 54.1 Å². The van der Waals surface area contributed by atoms with Gasteiger partial charge < -0.3 is 9.84 Å². The number of anilines is 1. The van der Waals surface area contributed by atoms with Crippen LogP contribution in [-0.4, -0.2) is 64.4 Å². The molecule has 0 radical (unpaired) electrons. The van der Waals surface area contributed by atoms with Gasteiger partial charge in [0.05, 0.1) is 5.56 Å². The maximum atomic E-state index is 14.4. The first-order valence-corrected chi connectivity index (χ1v) is 13.7. The summed E-state index contributed by atoms with van der Waals surface area (Å²) in [6.07, 6.45) is 3.19. The number of amides is 1. The molecule has 0 aliphatic carbocycles. The average Bonchev–Trinajstić information content (AvgIpc) is 3.57. The van der Waals surface area contributed by atoms with Crippen molar-refractivity contribution in [1.29, 1.82) is 0 Å². The molecule has 1 aromatic heterocycles. The number of hydrogen-bond acceptors (Lipinski definition) is 7. The van der Waals surface area contributed by atoms with Gasteiger partial charge in [-0.3, -0.25) is 19.4 Å². The van der Waals surface area contributed by atoms with Gasteiger partial charge in [0, 0.05) is 18.7 Å². The lowest BCUT2D eigenvalue weighted by Gasteiger charge is -2.21. The Morgan fingerprint density at radius 3 is 2.71 bits per heavy atom. The van der Waals surface area contributed by atoms with E-state index in [2.05, 4.69) is 10.2 Å². The van der Waals surface area contributed by atoms with Crippen molar-refractivity contribution in [2.75, 3.05) is 31.1 Å². The summed E-state index contributed by atoms with van der Waals surface area (Å²) < 4.78 is 20.4. The largest absolute Gasteiger partial charge is 0.492 e. The number of likely N-dealkylation sites (tertiary alicyclic amines) is 1. The first-order valence-electron chi connectivity index (χ1n) is 12.9. The molecule has 3 aromatic rings. The van der Waals surface area contributed by atoms with E-state index in [0.717, 1.165) is 48.2 Å². The van der Waals surface area contributed by atoms with Gasteiger partial charge in [-0.2, -0.15) is 0 Å². The summed E-state index contributed by atoms with van der Waals surface area (Å²) in [7, 11) is 0. The lowest BCUT2D eigenvalue weighted by molar-refractivity contribution is -0.142. The smallest absolute Gasteiger partial charge is 0.320 e. The van der Waals surface area contributed by atoms with Gasteiger partial charge in [0.2, 0.25) is 5.13 Å². The molecule has 1 fully saturated rings. The molecule has 1 amide bonds. The van der Waals surface area contributed by atoms with E-state index in [1.807, 2.05) is 37.8 Å². The number of ether oxygens (including phenoxy) is 1. The van der Waals surface area contributed by atoms with Crippen LogP contribution in [0.3, 0.4) is 0 Å². The number of carbonyl (C=O) groups excluding carboxylic acids is 1. The Morgan fingerprint density at radius 2 is 1.97 bits per heavy atom. The number of rotatable bonds is 11. The Hall–Kier alpha value is -3.37. The van der Waals surface area contributed by atoms with Crippen LogP contribution in [0.2, 0.25) is 0 Å². The zero-order valence-corrected chi connectivity index (χ0v) is 22.8. The molecule has 202 valence electrons. The molecule has 4 rings (SSSR count). The van der Waals surface area contributed by atoms with Crippen LogP contribution < -0.4 is 9.64 Å². The Morgan fingerprint density at radius 1 is 1.18 bits per heavy atom. The highest BCUT2D eigenvalue weighted by Crippen LogP contribution is 2.35. The fourth-order valence-electron chi connectivity index (χ4n) is 4.64. The van der Waals surface area contributed by atoms with Gasteiger partial charge in [0.25, 0.3) is 5.91 Å². The van der Waals surface area contributed by atoms with Gasteiger partial charge in [0.1, 0.15) is 29.2 Å². The van der Waals surface area contributed by atoms with Gasteiger partial charge in [0.15, 0.2) is 0 Å². The molecule has 38 heavy (non-hydrogen) atoms. The number of hydrogen-bond donors (Lipinski definition) is 1. The predicted octanol–water partition coefficient (Wildman–Crippen LogP) is 5.34. The molecule has 2 heterocycles. The Bertz CT molecular complexity index is 1300. The van der Waals surface area contributed by atoms with Gasteiger partial charge in [-0.1, -0.05) is 36.8 Å². The highest BCUT2D eigenvalue weighted by molar-refractivity contribution is 7.18. The second-order valence-electron chi connectivity index (χ2n) is 9.42. The van der Waals surface area contributed by atoms with Gasteiger partial charge in [-0.25, -0.2) is 4.39 Å². The van der Waals surface area contributed by atoms with Crippen molar-refractivity contribution < 1.29 is 23.8 Å². The number of carboxylic acids is 1. The molecule has 0 spiro atoms. The summed E-state index contributed by atoms with van der Waals surface area (Å²) in [5.41, 5.74) is 2.84. The third kappa shape index (κ3) is 6.02. The van der Waals surface area contributed by atoms with E-state index in [1.54, 1.807) is 12.1 Å². The number of carbonyl (C=O) groups is 2. The van der Waals surface area contributed by atoms with Crippen molar-refractivity contribution >= 4 is 28.3 Å². The van der Waals surface area contributed by atoms with Crippen molar-refractivity contribution in [1.82, 2.24) is 15.1 Å². The SMILES string of the molecule is CCCCN(C(=O)c1ccccc1F)c1nnc(-c2ccc(OCCN3CCCC3C(=O)O)c(C)c2C)s1. The van der Waals surface area contributed by atoms with Crippen molar-refractivity contribution in [3.63, 3.8) is 0 Å². The van der Waals surface area contributed by atoms with Crippen molar-refractivity contribution in [2.45, 2.75) is 52.5 Å². The molecule has 1 saturated heterocycles. The van der Waals surface area contributed by atoms with Crippen molar-refractivity contribution in [3.05, 3.63) is 58.9 Å². The third-order valence-electron chi connectivity index (χ3n) is 6.98. The Labute approximate surface area is 226 Å². The van der Waals surface area contributed by atoms with E-state index in [9.17, 15) is 19.1 Å². The topological polar surface area (TPSA) is 95.9 Å². The van der Waals surface area contributed by atoms with E-state index in [1.165, 1.54) is 28.4 Å². The van der Waals surface area contributed by atoms with Crippen molar-refractivity contribution in [3.8, 4) is 16.3 Å². The minimum atomic E-state index is -0.779. The molecular formula is C28H33FN4O4S. The van der Waals surface area contributed by atoms with Crippen molar-refractivity contribution in [2.24, 2.45) is 0 Å². The van der Waals surface area contributed by atoms with Gasteiger partial charge >= 0.3 is 5.97 Å². The molecule has 2 aromatic carbocycles. The average molecular weight is 541 g/mol. The summed E-state index contributed by atoms with van der Waals surface area (Å²) in [6, 6.07) is 9.34. The molecule has 0 saturated carbocycles. The molecular weight excluding hydrogens is 507 g/mol. The number of unbranched alkanes of at least 4 members (excludes halogenated alkanes) is 1. The summed E-state index contributed by atoms with van der Waals surface area (Å²) in [4.78, 5) is 28.1. The van der Waals surface area contributed by atoms with Crippen LogP contribution in [-0.2, 0) is 4.79 Å². The van der Waals surface area contributed by atoms with Crippen LogP contribution in [0.15, 0.2) is 36.4 Å². The second kappa shape index (κ2) is 12.4. The fourth-order valence-corrected chi connectivity index (χ4v) is 5.60. The van der Waals surface area contributed by atoms with Crippen LogP contribution in [0.25, 0.3) is 10.6 Å². The maximum absolute atomic E-state index is 14.4. The van der Waals surface area contributed by atoms with E-state index < -0.39 is 23.7 Å². The van der Waals surface area contributed by atoms with Crippen LogP contribution >= 0.6 is 11.3 Å². The summed E-state index contributed by atoms with van der Waals surface area (Å²) >= 11 is 1.30. The number of benzene rings is 2. The number of aromatic nitrogens is 2. The van der Waals surface area contributed by atoms with E-state index in [-0.39, 0.29) is 5.56 Å². The lowest BCUT2D eigenvalue weighted by Crippen LogP contribution is -2.38. The minimum absolute atomic E-state index is 0.0116. The first-order chi connectivity index (χ1) is 18.3. The monoisotopic (exact) mass is 540 g/mol. The summed E-state index contributed by atoms with van der Waals surface area (Å²) in [6.45, 7) is 8.13. The van der Waals surface area contributed by atoms with Crippen LogP contribution in [0, 0.1) is 19.7 Å². The van der Waals surface area contributed by atoms with Crippen LogP contribution in [0.5, 0.6) is 5.75 Å². The standard InChI is InChI=1S/C28H33FN4O4S/c1-4-5-15-33(26(34)21-9-6-7-10-22(21)29)28-31-30-25(38-28)20-12-13-24(19(3)18(20)2)37-17-16-32-14-8-11-23(32)27(35)36/h6-7,9-10,12-13,23H,4-5,8,11,14-17H2,1-3H3,(H,35,36). The fraction of sp³-hybridized carbons (Fsp3) is 0.429. The first kappa shape index (κ1) is 27.7. The Balaban J connectivity index is 1.50. The minimum Gasteiger partial charge on any atom is -0.492 e. The third-order valence-corrected chi connectivity index (χ3v) is 7.96. The van der Waals surface area contributed by atoms with E-state index in [4.69, 9.17) is 4.74 Å². The molecule has 10 heteroatoms. The van der Waals surface area contributed by atoms with E-state index in [0.29, 0.717) is 36.3 Å². The normalized spacial score (nSPS) is 15.5. The molecule has 8 nitrogen and oxygen atoms in total. The molecule has 0 bridgehead atoms. The van der Waals surface area contributed by atoms with Gasteiger partial charge in [-0.05, 0) is 75.0 Å². The zero-order chi connectivity index (χ0) is 27.2. The number of halogens is 1. The van der Waals surface area contributed by atoms with Crippen LogP contribution in [0.4, 0.5) is 9.52 Å². The maximum Gasteiger partial charge on any atom is 0.320 e. The van der Waals surface area contributed by atoms with E-state index >= 15 is 0 Å². The molecule has 1 aliphatic rings. The summed E-state index contributed by atoms with van der Waals surface area (Å²) in [5, 5.41) is 19.1. The quantitative estimate of drug-likeness (QED) is 0.351. The molecule has 1 N–H and O–H groups in total.